The van der Waals surface area contributed by atoms with Crippen LogP contribution in [0.2, 0.25) is 0 Å². The first-order valence-corrected chi connectivity index (χ1v) is 5.19. The van der Waals surface area contributed by atoms with Crippen LogP contribution in [0.5, 0.6) is 0 Å². The number of terminal acetylenes is 2. The molecular weight excluding hydrogens is 238 g/mol. The van der Waals surface area contributed by atoms with Crippen molar-refractivity contribution in [1.29, 1.82) is 0 Å². The summed E-state index contributed by atoms with van der Waals surface area (Å²) in [6.45, 7) is 0.587. The lowest BCUT2D eigenvalue weighted by Crippen LogP contribution is -1.96. The van der Waals surface area contributed by atoms with Crippen molar-refractivity contribution in [2.45, 2.75) is 0 Å². The lowest BCUT2D eigenvalue weighted by Gasteiger charge is -1.98. The number of nitrogens with one attached hydrogen (secondary N) is 1. The number of anilines is 1. The van der Waals surface area contributed by atoms with Crippen molar-refractivity contribution in [3.05, 3.63) is 30.3 Å². The van der Waals surface area contributed by atoms with Gasteiger partial charge in [0, 0.05) is 5.69 Å². The SMILES string of the molecule is C#CCBr.C#CCNc1ccccc1. The van der Waals surface area contributed by atoms with E-state index in [0.717, 1.165) is 5.69 Å². The fourth-order valence-corrected chi connectivity index (χ4v) is 0.709. The largest absolute Gasteiger partial charge is 0.374 e. The molecule has 0 spiro atoms. The molecule has 0 heterocycles. The predicted molar refractivity (Wildman–Crippen MR) is 66.4 cm³/mol. The highest BCUT2D eigenvalue weighted by Crippen LogP contribution is 2.02. The predicted octanol–water partition coefficient (Wildman–Crippen LogP) is 2.75. The molecule has 0 aromatic heterocycles. The second-order valence-electron chi connectivity index (χ2n) is 2.26. The smallest absolute Gasteiger partial charge is 0.0763 e. The fourth-order valence-electron chi connectivity index (χ4n) is 0.709. The maximum atomic E-state index is 5.06. The van der Waals surface area contributed by atoms with Crippen LogP contribution in [-0.2, 0) is 0 Å². The first kappa shape index (κ1) is 12.6. The molecule has 0 unspecified atom stereocenters. The van der Waals surface area contributed by atoms with E-state index in [0.29, 0.717) is 11.9 Å². The standard InChI is InChI=1S/C9H9N.C3H3Br/c1-2-8-10-9-6-4-3-5-7-9;1-2-3-4/h1,3-7,10H,8H2;1H,3H2. The molecule has 0 saturated heterocycles. The highest BCUT2D eigenvalue weighted by molar-refractivity contribution is 9.09. The summed E-state index contributed by atoms with van der Waals surface area (Å²) in [5.41, 5.74) is 1.07. The molecule has 0 aliphatic rings. The molecule has 14 heavy (non-hydrogen) atoms. The first-order chi connectivity index (χ1) is 6.85. The van der Waals surface area contributed by atoms with E-state index >= 15 is 0 Å². The van der Waals surface area contributed by atoms with E-state index in [-0.39, 0.29) is 0 Å². The van der Waals surface area contributed by atoms with Gasteiger partial charge < -0.3 is 5.32 Å². The summed E-state index contributed by atoms with van der Waals surface area (Å²) in [4.78, 5) is 0. The van der Waals surface area contributed by atoms with Gasteiger partial charge in [0.15, 0.2) is 0 Å². The van der Waals surface area contributed by atoms with Crippen LogP contribution in [-0.4, -0.2) is 11.9 Å². The normalized spacial score (nSPS) is 7.36. The van der Waals surface area contributed by atoms with Crippen molar-refractivity contribution in [1.82, 2.24) is 0 Å². The molecule has 0 aliphatic heterocycles. The topological polar surface area (TPSA) is 12.0 Å². The summed E-state index contributed by atoms with van der Waals surface area (Å²) in [5.74, 6) is 4.85. The summed E-state index contributed by atoms with van der Waals surface area (Å²) in [5, 5.41) is 3.72. The summed E-state index contributed by atoms with van der Waals surface area (Å²) >= 11 is 3.01. The monoisotopic (exact) mass is 249 g/mol. The molecule has 0 fully saturated rings. The average Bonchev–Trinajstić information content (AvgIpc) is 2.28. The Bertz CT molecular complexity index is 305. The zero-order valence-electron chi connectivity index (χ0n) is 7.83. The lowest BCUT2D eigenvalue weighted by molar-refractivity contribution is 1.38. The molecule has 0 radical (unpaired) electrons. The molecule has 1 aromatic rings. The average molecular weight is 250 g/mol. The molecule has 0 aliphatic carbocycles. The van der Waals surface area contributed by atoms with Gasteiger partial charge in [-0.25, -0.2) is 0 Å². The van der Waals surface area contributed by atoms with Gasteiger partial charge >= 0.3 is 0 Å². The molecular formula is C12H12BrN. The Morgan fingerprint density at radius 2 is 1.71 bits per heavy atom. The number of rotatable bonds is 2. The van der Waals surface area contributed by atoms with E-state index in [1.54, 1.807) is 0 Å². The van der Waals surface area contributed by atoms with Gasteiger partial charge in [0.2, 0.25) is 0 Å². The maximum absolute atomic E-state index is 5.06. The lowest BCUT2D eigenvalue weighted by atomic mass is 10.3. The van der Waals surface area contributed by atoms with Crippen LogP contribution in [0.15, 0.2) is 30.3 Å². The second kappa shape index (κ2) is 9.71. The summed E-state index contributed by atoms with van der Waals surface area (Å²) in [6, 6.07) is 9.88. The van der Waals surface area contributed by atoms with Gasteiger partial charge in [0.25, 0.3) is 0 Å². The second-order valence-corrected chi connectivity index (χ2v) is 2.82. The van der Waals surface area contributed by atoms with E-state index in [9.17, 15) is 0 Å². The number of para-hydroxylation sites is 1. The number of hydrogen-bond donors (Lipinski definition) is 1. The molecule has 0 amide bonds. The van der Waals surface area contributed by atoms with Crippen molar-refractivity contribution in [2.24, 2.45) is 0 Å². The Hall–Kier alpha value is -1.38. The Morgan fingerprint density at radius 1 is 1.14 bits per heavy atom. The van der Waals surface area contributed by atoms with Crippen LogP contribution in [0.1, 0.15) is 0 Å². The minimum Gasteiger partial charge on any atom is -0.374 e. The number of hydrogen-bond acceptors (Lipinski definition) is 1. The van der Waals surface area contributed by atoms with Crippen LogP contribution >= 0.6 is 15.9 Å². The van der Waals surface area contributed by atoms with Gasteiger partial charge in [0.1, 0.15) is 0 Å². The van der Waals surface area contributed by atoms with E-state index in [2.05, 4.69) is 33.1 Å². The highest BCUT2D eigenvalue weighted by atomic mass is 79.9. The van der Waals surface area contributed by atoms with E-state index in [1.165, 1.54) is 0 Å². The maximum Gasteiger partial charge on any atom is 0.0763 e. The minimum absolute atomic E-state index is 0.587. The summed E-state index contributed by atoms with van der Waals surface area (Å²) in [7, 11) is 0. The van der Waals surface area contributed by atoms with E-state index in [1.807, 2.05) is 30.3 Å². The van der Waals surface area contributed by atoms with Gasteiger partial charge in [-0.3, -0.25) is 0 Å². The third-order valence-corrected chi connectivity index (χ3v) is 1.57. The van der Waals surface area contributed by atoms with Crippen molar-refractivity contribution in [2.75, 3.05) is 17.2 Å². The number of benzene rings is 1. The van der Waals surface area contributed by atoms with Gasteiger partial charge in [-0.05, 0) is 12.1 Å². The van der Waals surface area contributed by atoms with Crippen molar-refractivity contribution in [3.63, 3.8) is 0 Å². The molecule has 0 atom stereocenters. The summed E-state index contributed by atoms with van der Waals surface area (Å²) in [6.07, 6.45) is 9.79. The molecule has 0 saturated carbocycles. The Morgan fingerprint density at radius 3 is 2.14 bits per heavy atom. The number of halogens is 1. The minimum atomic E-state index is 0.587. The highest BCUT2D eigenvalue weighted by Gasteiger charge is 1.82. The molecule has 1 aromatic carbocycles. The van der Waals surface area contributed by atoms with Crippen LogP contribution < -0.4 is 5.32 Å². The molecule has 0 bridgehead atoms. The zero-order valence-corrected chi connectivity index (χ0v) is 9.42. The van der Waals surface area contributed by atoms with Crippen LogP contribution in [0.3, 0.4) is 0 Å². The Labute approximate surface area is 94.0 Å². The van der Waals surface area contributed by atoms with Crippen LogP contribution in [0.25, 0.3) is 0 Å². The molecule has 72 valence electrons. The molecule has 2 heteroatoms. The van der Waals surface area contributed by atoms with Crippen LogP contribution in [0.4, 0.5) is 5.69 Å². The van der Waals surface area contributed by atoms with Gasteiger partial charge in [-0.15, -0.1) is 12.8 Å². The quantitative estimate of drug-likeness (QED) is 0.628. The Balaban J connectivity index is 0.000000364. The van der Waals surface area contributed by atoms with Gasteiger partial charge in [0.05, 0.1) is 11.9 Å². The van der Waals surface area contributed by atoms with E-state index in [4.69, 9.17) is 12.8 Å². The molecule has 1 nitrogen and oxygen atoms in total. The third kappa shape index (κ3) is 7.28. The van der Waals surface area contributed by atoms with Crippen molar-refractivity contribution in [3.8, 4) is 24.7 Å². The first-order valence-electron chi connectivity index (χ1n) is 4.07. The summed E-state index contributed by atoms with van der Waals surface area (Å²) < 4.78 is 0. The van der Waals surface area contributed by atoms with Gasteiger partial charge in [-0.2, -0.15) is 0 Å². The van der Waals surface area contributed by atoms with Crippen molar-refractivity contribution >= 4 is 21.6 Å². The van der Waals surface area contributed by atoms with Crippen LogP contribution in [0, 0.1) is 24.7 Å². The fraction of sp³-hybridized carbons (Fsp3) is 0.167. The molecule has 1 N–H and O–H groups in total. The molecule has 1 rings (SSSR count). The van der Waals surface area contributed by atoms with Gasteiger partial charge in [-0.1, -0.05) is 46.0 Å². The Kier molecular flexibility index (Phi) is 8.75. The van der Waals surface area contributed by atoms with E-state index < -0.39 is 0 Å². The number of alkyl halides is 1. The van der Waals surface area contributed by atoms with Crippen molar-refractivity contribution < 1.29 is 0 Å². The third-order valence-electron chi connectivity index (χ3n) is 1.25. The zero-order chi connectivity index (χ0) is 10.6.